The van der Waals surface area contributed by atoms with Crippen molar-refractivity contribution in [2.24, 2.45) is 0 Å². The quantitative estimate of drug-likeness (QED) is 0.663. The van der Waals surface area contributed by atoms with Crippen molar-refractivity contribution in [3.05, 3.63) is 33.9 Å². The van der Waals surface area contributed by atoms with E-state index < -0.39 is 28.5 Å². The molecule has 0 saturated heterocycles. The summed E-state index contributed by atoms with van der Waals surface area (Å²) < 4.78 is 37.8. The van der Waals surface area contributed by atoms with Gasteiger partial charge in [0, 0.05) is 6.07 Å². The monoisotopic (exact) mass is 304 g/mol. The van der Waals surface area contributed by atoms with Gasteiger partial charge in [0.25, 0.3) is 5.69 Å². The van der Waals surface area contributed by atoms with Crippen LogP contribution in [-0.4, -0.2) is 22.2 Å². The molecule has 21 heavy (non-hydrogen) atoms. The number of nitrogens with zero attached hydrogens (tertiary/aromatic N) is 1. The van der Waals surface area contributed by atoms with Gasteiger partial charge in [-0.25, -0.2) is 0 Å². The zero-order valence-electron chi connectivity index (χ0n) is 11.1. The molecule has 116 valence electrons. The summed E-state index contributed by atoms with van der Waals surface area (Å²) in [7, 11) is 0. The van der Waals surface area contributed by atoms with E-state index >= 15 is 0 Å². The van der Waals surface area contributed by atoms with Gasteiger partial charge in [-0.1, -0.05) is 12.8 Å². The maximum absolute atomic E-state index is 12.6. The predicted octanol–water partition coefficient (Wildman–Crippen LogP) is 3.33. The second-order valence-corrected chi connectivity index (χ2v) is 5.09. The van der Waals surface area contributed by atoms with Gasteiger partial charge in [-0.2, -0.15) is 13.2 Å². The normalized spacial score (nSPS) is 22.9. The Labute approximate surface area is 118 Å². The van der Waals surface area contributed by atoms with E-state index in [1.165, 1.54) is 0 Å². The molecule has 1 aromatic rings. The standard InChI is InChI=1S/C13H15F3N2O3/c14-13(15,16)8-5-6-9(11(7-8)18(20)21)17-10-3-1-2-4-12(10)19/h5-7,10,12,17,19H,1-4H2. The zero-order valence-corrected chi connectivity index (χ0v) is 11.1. The van der Waals surface area contributed by atoms with Crippen LogP contribution in [-0.2, 0) is 6.18 Å². The summed E-state index contributed by atoms with van der Waals surface area (Å²) in [5, 5.41) is 23.6. The van der Waals surface area contributed by atoms with Gasteiger partial charge < -0.3 is 10.4 Å². The molecule has 1 saturated carbocycles. The van der Waals surface area contributed by atoms with E-state index in [4.69, 9.17) is 0 Å². The van der Waals surface area contributed by atoms with Crippen LogP contribution in [0.5, 0.6) is 0 Å². The first-order valence-corrected chi connectivity index (χ1v) is 6.59. The SMILES string of the molecule is O=[N+]([O-])c1cc(C(F)(F)F)ccc1NC1CCCCC1O. The fourth-order valence-corrected chi connectivity index (χ4v) is 2.46. The molecular weight excluding hydrogens is 289 g/mol. The Hall–Kier alpha value is -1.83. The first-order chi connectivity index (χ1) is 9.79. The van der Waals surface area contributed by atoms with Crippen LogP contribution in [0.3, 0.4) is 0 Å². The van der Waals surface area contributed by atoms with Crippen LogP contribution in [0.4, 0.5) is 24.5 Å². The van der Waals surface area contributed by atoms with Crippen molar-refractivity contribution in [3.63, 3.8) is 0 Å². The lowest BCUT2D eigenvalue weighted by molar-refractivity contribution is -0.384. The molecule has 5 nitrogen and oxygen atoms in total. The van der Waals surface area contributed by atoms with E-state index in [9.17, 15) is 28.4 Å². The molecule has 0 amide bonds. The molecule has 0 aliphatic heterocycles. The van der Waals surface area contributed by atoms with Crippen LogP contribution in [0.25, 0.3) is 0 Å². The highest BCUT2D eigenvalue weighted by Gasteiger charge is 2.33. The lowest BCUT2D eigenvalue weighted by Gasteiger charge is -2.29. The summed E-state index contributed by atoms with van der Waals surface area (Å²) in [6.07, 6.45) is -2.35. The molecule has 2 rings (SSSR count). The number of aliphatic hydroxyl groups is 1. The smallest absolute Gasteiger partial charge is 0.391 e. The Morgan fingerprint density at radius 2 is 1.95 bits per heavy atom. The van der Waals surface area contributed by atoms with Gasteiger partial charge in [0.15, 0.2) is 0 Å². The van der Waals surface area contributed by atoms with Crippen LogP contribution in [0.15, 0.2) is 18.2 Å². The summed E-state index contributed by atoms with van der Waals surface area (Å²) in [6.45, 7) is 0. The molecule has 2 unspecified atom stereocenters. The number of halogens is 3. The molecule has 0 radical (unpaired) electrons. The van der Waals surface area contributed by atoms with Crippen molar-refractivity contribution >= 4 is 11.4 Å². The maximum Gasteiger partial charge on any atom is 0.416 e. The van der Waals surface area contributed by atoms with E-state index in [1.54, 1.807) is 0 Å². The second kappa shape index (κ2) is 5.88. The van der Waals surface area contributed by atoms with Gasteiger partial charge in [0.05, 0.1) is 22.6 Å². The number of alkyl halides is 3. The topological polar surface area (TPSA) is 75.4 Å². The Bertz CT molecular complexity index is 534. The minimum Gasteiger partial charge on any atom is -0.391 e. The first-order valence-electron chi connectivity index (χ1n) is 6.59. The third-order valence-corrected chi connectivity index (χ3v) is 3.59. The predicted molar refractivity (Wildman–Crippen MR) is 70.0 cm³/mol. The molecule has 2 atom stereocenters. The molecule has 2 N–H and O–H groups in total. The third-order valence-electron chi connectivity index (χ3n) is 3.59. The Morgan fingerprint density at radius 1 is 1.29 bits per heavy atom. The van der Waals surface area contributed by atoms with Crippen LogP contribution in [0, 0.1) is 10.1 Å². The van der Waals surface area contributed by atoms with Gasteiger partial charge in [0.2, 0.25) is 0 Å². The fraction of sp³-hybridized carbons (Fsp3) is 0.538. The number of aliphatic hydroxyl groups excluding tert-OH is 1. The van der Waals surface area contributed by atoms with Gasteiger partial charge in [-0.15, -0.1) is 0 Å². The second-order valence-electron chi connectivity index (χ2n) is 5.09. The number of anilines is 1. The molecule has 1 aliphatic rings. The number of hydrogen-bond donors (Lipinski definition) is 2. The van der Waals surface area contributed by atoms with Gasteiger partial charge in [-0.05, 0) is 25.0 Å². The van der Waals surface area contributed by atoms with Crippen molar-refractivity contribution in [2.45, 2.75) is 44.0 Å². The van der Waals surface area contributed by atoms with E-state index in [0.717, 1.165) is 25.0 Å². The number of hydrogen-bond acceptors (Lipinski definition) is 4. The molecule has 8 heteroatoms. The van der Waals surface area contributed by atoms with E-state index in [0.29, 0.717) is 18.9 Å². The highest BCUT2D eigenvalue weighted by molar-refractivity contribution is 5.63. The average Bonchev–Trinajstić information content (AvgIpc) is 2.40. The number of nitro benzene ring substituents is 1. The zero-order chi connectivity index (χ0) is 15.6. The minimum absolute atomic E-state index is 0.000972. The van der Waals surface area contributed by atoms with Gasteiger partial charge >= 0.3 is 6.18 Å². The number of benzene rings is 1. The van der Waals surface area contributed by atoms with Crippen molar-refractivity contribution < 1.29 is 23.2 Å². The number of rotatable bonds is 3. The van der Waals surface area contributed by atoms with E-state index in [2.05, 4.69) is 5.32 Å². The van der Waals surface area contributed by atoms with Crippen LogP contribution < -0.4 is 5.32 Å². The molecule has 1 aromatic carbocycles. The van der Waals surface area contributed by atoms with Crippen molar-refractivity contribution in [1.29, 1.82) is 0 Å². The lowest BCUT2D eigenvalue weighted by Crippen LogP contribution is -2.36. The van der Waals surface area contributed by atoms with Gasteiger partial charge in [0.1, 0.15) is 5.69 Å². The highest BCUT2D eigenvalue weighted by Crippen LogP contribution is 2.36. The van der Waals surface area contributed by atoms with E-state index in [1.807, 2.05) is 0 Å². The summed E-state index contributed by atoms with van der Waals surface area (Å²) >= 11 is 0. The van der Waals surface area contributed by atoms with Crippen LogP contribution in [0.2, 0.25) is 0 Å². The number of nitro groups is 1. The average molecular weight is 304 g/mol. The summed E-state index contributed by atoms with van der Waals surface area (Å²) in [5.74, 6) is 0. The fourth-order valence-electron chi connectivity index (χ4n) is 2.46. The van der Waals surface area contributed by atoms with Crippen molar-refractivity contribution in [1.82, 2.24) is 0 Å². The van der Waals surface area contributed by atoms with Crippen LogP contribution >= 0.6 is 0 Å². The van der Waals surface area contributed by atoms with E-state index in [-0.39, 0.29) is 11.7 Å². The minimum atomic E-state index is -4.63. The molecular formula is C13H15F3N2O3. The molecule has 1 fully saturated rings. The Kier molecular flexibility index (Phi) is 4.36. The maximum atomic E-state index is 12.6. The Balaban J connectivity index is 2.28. The third kappa shape index (κ3) is 3.63. The van der Waals surface area contributed by atoms with Crippen molar-refractivity contribution in [3.8, 4) is 0 Å². The summed E-state index contributed by atoms with van der Waals surface area (Å²) in [5.41, 5.74) is -1.70. The van der Waals surface area contributed by atoms with Gasteiger partial charge in [-0.3, -0.25) is 10.1 Å². The molecule has 0 aromatic heterocycles. The molecule has 0 bridgehead atoms. The molecule has 0 spiro atoms. The highest BCUT2D eigenvalue weighted by atomic mass is 19.4. The summed E-state index contributed by atoms with van der Waals surface area (Å²) in [6, 6.07) is 1.97. The first kappa shape index (κ1) is 15.6. The van der Waals surface area contributed by atoms with Crippen molar-refractivity contribution in [2.75, 3.05) is 5.32 Å². The number of nitrogens with one attached hydrogen (secondary N) is 1. The molecule has 0 heterocycles. The summed E-state index contributed by atoms with van der Waals surface area (Å²) in [4.78, 5) is 10.1. The largest absolute Gasteiger partial charge is 0.416 e. The molecule has 1 aliphatic carbocycles. The lowest BCUT2D eigenvalue weighted by atomic mass is 9.92. The Morgan fingerprint density at radius 3 is 2.52 bits per heavy atom. The van der Waals surface area contributed by atoms with Crippen LogP contribution in [0.1, 0.15) is 31.2 Å².